The fourth-order valence-electron chi connectivity index (χ4n) is 2.66. The normalized spacial score (nSPS) is 12.0. The number of rotatable bonds is 9. The van der Waals surface area contributed by atoms with Gasteiger partial charge in [-0.1, -0.05) is 55.8 Å². The second kappa shape index (κ2) is 10.1. The standard InChI is InChI=1S/C20H25ClN2O2/c1-15(2)20(16-6-4-3-5-7-16)23-14-19(24)22-12-13-25-18-10-8-17(21)9-11-18/h3-11,15,20,23H,12-14H2,1-2H3,(H,22,24)/p+1/t20-/m1/s1. The molecular weight excluding hydrogens is 336 g/mol. The summed E-state index contributed by atoms with van der Waals surface area (Å²) in [6.45, 7) is 5.66. The molecule has 0 heterocycles. The Bertz CT molecular complexity index is 645. The van der Waals surface area contributed by atoms with Crippen molar-refractivity contribution in [1.29, 1.82) is 0 Å². The molecule has 4 nitrogen and oxygen atoms in total. The fraction of sp³-hybridized carbons (Fsp3) is 0.350. The maximum Gasteiger partial charge on any atom is 0.275 e. The third kappa shape index (κ3) is 6.77. The van der Waals surface area contributed by atoms with E-state index in [2.05, 4.69) is 36.6 Å². The average Bonchev–Trinajstić information content (AvgIpc) is 2.61. The summed E-state index contributed by atoms with van der Waals surface area (Å²) in [5.74, 6) is 1.21. The highest BCUT2D eigenvalue weighted by Crippen LogP contribution is 2.17. The van der Waals surface area contributed by atoms with Crippen LogP contribution >= 0.6 is 11.6 Å². The monoisotopic (exact) mass is 361 g/mol. The number of carbonyl (C=O) groups is 1. The van der Waals surface area contributed by atoms with E-state index < -0.39 is 0 Å². The number of carbonyl (C=O) groups excluding carboxylic acids is 1. The van der Waals surface area contributed by atoms with Crippen LogP contribution in [0.1, 0.15) is 25.5 Å². The fourth-order valence-corrected chi connectivity index (χ4v) is 2.79. The molecule has 0 aliphatic rings. The van der Waals surface area contributed by atoms with Crippen LogP contribution in [-0.2, 0) is 4.79 Å². The van der Waals surface area contributed by atoms with Gasteiger partial charge in [-0.2, -0.15) is 0 Å². The lowest BCUT2D eigenvalue weighted by Gasteiger charge is -2.19. The Hall–Kier alpha value is -2.04. The summed E-state index contributed by atoms with van der Waals surface area (Å²) in [4.78, 5) is 12.0. The summed E-state index contributed by atoms with van der Waals surface area (Å²) in [7, 11) is 0. The van der Waals surface area contributed by atoms with E-state index in [0.717, 1.165) is 5.75 Å². The molecule has 0 fully saturated rings. The van der Waals surface area contributed by atoms with Crippen molar-refractivity contribution in [2.75, 3.05) is 19.7 Å². The van der Waals surface area contributed by atoms with Crippen LogP contribution in [0, 0.1) is 5.92 Å². The van der Waals surface area contributed by atoms with E-state index in [1.54, 1.807) is 12.1 Å². The predicted octanol–water partition coefficient (Wildman–Crippen LogP) is 2.80. The molecule has 134 valence electrons. The summed E-state index contributed by atoms with van der Waals surface area (Å²) in [5, 5.41) is 5.66. The quantitative estimate of drug-likeness (QED) is 0.675. The van der Waals surface area contributed by atoms with Crippen LogP contribution in [-0.4, -0.2) is 25.6 Å². The summed E-state index contributed by atoms with van der Waals surface area (Å²) >= 11 is 5.83. The average molecular weight is 362 g/mol. The van der Waals surface area contributed by atoms with Gasteiger partial charge in [0.1, 0.15) is 18.4 Å². The van der Waals surface area contributed by atoms with Crippen LogP contribution < -0.4 is 15.4 Å². The van der Waals surface area contributed by atoms with Gasteiger partial charge < -0.3 is 15.4 Å². The van der Waals surface area contributed by atoms with Gasteiger partial charge in [0.05, 0.1) is 6.54 Å². The van der Waals surface area contributed by atoms with Crippen LogP contribution in [0.25, 0.3) is 0 Å². The molecule has 0 unspecified atom stereocenters. The molecule has 0 radical (unpaired) electrons. The maximum absolute atomic E-state index is 12.0. The first kappa shape index (κ1) is 19.3. The predicted molar refractivity (Wildman–Crippen MR) is 101 cm³/mol. The first-order valence-corrected chi connectivity index (χ1v) is 8.97. The van der Waals surface area contributed by atoms with E-state index in [-0.39, 0.29) is 11.9 Å². The zero-order chi connectivity index (χ0) is 18.1. The van der Waals surface area contributed by atoms with E-state index in [1.807, 2.05) is 30.3 Å². The Labute approximate surface area is 154 Å². The highest BCUT2D eigenvalue weighted by atomic mass is 35.5. The van der Waals surface area contributed by atoms with Gasteiger partial charge in [0, 0.05) is 16.5 Å². The molecule has 0 aliphatic carbocycles. The van der Waals surface area contributed by atoms with Crippen LogP contribution in [0.3, 0.4) is 0 Å². The second-order valence-electron chi connectivity index (χ2n) is 6.27. The number of benzene rings is 2. The first-order chi connectivity index (χ1) is 12.1. The van der Waals surface area contributed by atoms with Crippen LogP contribution in [0.5, 0.6) is 5.75 Å². The highest BCUT2D eigenvalue weighted by molar-refractivity contribution is 6.30. The lowest BCUT2D eigenvalue weighted by atomic mass is 9.96. The van der Waals surface area contributed by atoms with Gasteiger partial charge in [0.15, 0.2) is 6.54 Å². The largest absolute Gasteiger partial charge is 0.492 e. The Balaban J connectivity index is 1.69. The number of halogens is 1. The number of nitrogens with two attached hydrogens (primary N) is 1. The smallest absolute Gasteiger partial charge is 0.275 e. The molecule has 1 amide bonds. The van der Waals surface area contributed by atoms with E-state index in [9.17, 15) is 4.79 Å². The molecule has 0 aliphatic heterocycles. The molecular formula is C20H26ClN2O2+. The van der Waals surface area contributed by atoms with Crippen molar-refractivity contribution >= 4 is 17.5 Å². The number of hydrogen-bond donors (Lipinski definition) is 2. The van der Waals surface area contributed by atoms with Gasteiger partial charge in [-0.05, 0) is 24.3 Å². The minimum Gasteiger partial charge on any atom is -0.492 e. The molecule has 25 heavy (non-hydrogen) atoms. The third-order valence-electron chi connectivity index (χ3n) is 3.97. The van der Waals surface area contributed by atoms with Crippen molar-refractivity contribution in [3.05, 3.63) is 65.2 Å². The zero-order valence-corrected chi connectivity index (χ0v) is 15.5. The molecule has 0 saturated heterocycles. The Morgan fingerprint density at radius 3 is 2.44 bits per heavy atom. The minimum absolute atomic E-state index is 0.0151. The molecule has 5 heteroatoms. The van der Waals surface area contributed by atoms with Crippen molar-refractivity contribution in [2.45, 2.75) is 19.9 Å². The van der Waals surface area contributed by atoms with E-state index in [0.29, 0.717) is 30.6 Å². The molecule has 2 rings (SSSR count). The second-order valence-corrected chi connectivity index (χ2v) is 6.71. The lowest BCUT2D eigenvalue weighted by Crippen LogP contribution is -2.88. The molecule has 2 aromatic carbocycles. The summed E-state index contributed by atoms with van der Waals surface area (Å²) in [5.41, 5.74) is 1.25. The first-order valence-electron chi connectivity index (χ1n) is 8.59. The maximum atomic E-state index is 12.0. The van der Waals surface area contributed by atoms with E-state index in [1.165, 1.54) is 5.56 Å². The number of amides is 1. The molecule has 3 N–H and O–H groups in total. The van der Waals surface area contributed by atoms with Crippen LogP contribution in [0.15, 0.2) is 54.6 Å². The van der Waals surface area contributed by atoms with Gasteiger partial charge >= 0.3 is 0 Å². The summed E-state index contributed by atoms with van der Waals surface area (Å²) in [6.07, 6.45) is 0. The Kier molecular flexibility index (Phi) is 7.76. The summed E-state index contributed by atoms with van der Waals surface area (Å²) < 4.78 is 5.56. The van der Waals surface area contributed by atoms with Crippen molar-refractivity contribution < 1.29 is 14.8 Å². The number of nitrogens with one attached hydrogen (secondary N) is 1. The zero-order valence-electron chi connectivity index (χ0n) is 14.7. The van der Waals surface area contributed by atoms with Crippen molar-refractivity contribution in [3.63, 3.8) is 0 Å². The molecule has 0 aromatic heterocycles. The van der Waals surface area contributed by atoms with Crippen LogP contribution in [0.4, 0.5) is 0 Å². The van der Waals surface area contributed by atoms with Gasteiger partial charge in [-0.15, -0.1) is 0 Å². The molecule has 0 saturated carbocycles. The highest BCUT2D eigenvalue weighted by Gasteiger charge is 2.19. The Morgan fingerprint density at radius 2 is 1.80 bits per heavy atom. The summed E-state index contributed by atoms with van der Waals surface area (Å²) in [6, 6.07) is 17.7. The van der Waals surface area contributed by atoms with Gasteiger partial charge in [0.25, 0.3) is 5.91 Å². The minimum atomic E-state index is 0.0151. The SMILES string of the molecule is CC(C)[C@@H]([NH2+]CC(=O)NCCOc1ccc(Cl)cc1)c1ccccc1. The number of quaternary nitrogens is 1. The van der Waals surface area contributed by atoms with Gasteiger partial charge in [0.2, 0.25) is 0 Å². The topological polar surface area (TPSA) is 54.9 Å². The Morgan fingerprint density at radius 1 is 1.12 bits per heavy atom. The van der Waals surface area contributed by atoms with E-state index in [4.69, 9.17) is 16.3 Å². The van der Waals surface area contributed by atoms with Crippen molar-refractivity contribution in [3.8, 4) is 5.75 Å². The van der Waals surface area contributed by atoms with Crippen molar-refractivity contribution in [2.24, 2.45) is 5.92 Å². The van der Waals surface area contributed by atoms with Crippen LogP contribution in [0.2, 0.25) is 5.02 Å². The number of hydrogen-bond acceptors (Lipinski definition) is 2. The molecule has 0 spiro atoms. The van der Waals surface area contributed by atoms with Crippen molar-refractivity contribution in [1.82, 2.24) is 5.32 Å². The van der Waals surface area contributed by atoms with Gasteiger partial charge in [-0.3, -0.25) is 4.79 Å². The molecule has 2 aromatic rings. The molecule has 1 atom stereocenters. The molecule has 0 bridgehead atoms. The van der Waals surface area contributed by atoms with E-state index >= 15 is 0 Å². The number of ether oxygens (including phenoxy) is 1. The third-order valence-corrected chi connectivity index (χ3v) is 4.22. The van der Waals surface area contributed by atoms with Gasteiger partial charge in [-0.25, -0.2) is 0 Å². The lowest BCUT2D eigenvalue weighted by molar-refractivity contribution is -0.692.